The van der Waals surface area contributed by atoms with Crippen LogP contribution in [0.2, 0.25) is 0 Å². The van der Waals surface area contributed by atoms with Crippen LogP contribution in [-0.4, -0.2) is 66.7 Å². The molecule has 0 radical (unpaired) electrons. The number of hydrogen-bond acceptors (Lipinski definition) is 10. The van der Waals surface area contributed by atoms with E-state index in [9.17, 15) is 19.8 Å². The SMILES string of the molecule is O=C(N[C@H](Cc1ccc(-c2ncnc3c2ncn3[C@H]2C[C@H](O)[C@@H](CO)O2)cc1)C(=O)OCc1ccccc1)OCc1ccccc1. The minimum absolute atomic E-state index is 0.0613. The van der Waals surface area contributed by atoms with Crippen LogP contribution in [0.4, 0.5) is 4.79 Å². The summed E-state index contributed by atoms with van der Waals surface area (Å²) < 4.78 is 18.4. The molecule has 2 aromatic heterocycles. The largest absolute Gasteiger partial charge is 0.459 e. The molecule has 12 nitrogen and oxygen atoms in total. The summed E-state index contributed by atoms with van der Waals surface area (Å²) in [5.74, 6) is -0.588. The predicted molar refractivity (Wildman–Crippen MR) is 166 cm³/mol. The molecule has 5 aromatic rings. The highest BCUT2D eigenvalue weighted by Crippen LogP contribution is 2.32. The zero-order chi connectivity index (χ0) is 31.9. The Balaban J connectivity index is 1.17. The zero-order valence-corrected chi connectivity index (χ0v) is 24.8. The number of aliphatic hydroxyl groups excluding tert-OH is 2. The minimum atomic E-state index is -0.996. The number of nitrogens with zero attached hydrogens (tertiary/aromatic N) is 4. The van der Waals surface area contributed by atoms with Crippen molar-refractivity contribution < 1.29 is 34.0 Å². The smallest absolute Gasteiger partial charge is 0.408 e. The maximum atomic E-state index is 13.2. The average Bonchev–Trinajstić information content (AvgIpc) is 3.70. The van der Waals surface area contributed by atoms with Gasteiger partial charge in [-0.15, -0.1) is 0 Å². The van der Waals surface area contributed by atoms with E-state index in [1.807, 2.05) is 84.9 Å². The third-order valence-corrected chi connectivity index (χ3v) is 7.73. The molecule has 0 bridgehead atoms. The molecule has 3 aromatic carbocycles. The topological polar surface area (TPSA) is 158 Å². The predicted octanol–water partition coefficient (Wildman–Crippen LogP) is 3.71. The number of carbonyl (C=O) groups excluding carboxylic acids is 2. The summed E-state index contributed by atoms with van der Waals surface area (Å²) in [5.41, 5.74) is 4.86. The van der Waals surface area contributed by atoms with Gasteiger partial charge in [-0.25, -0.2) is 24.5 Å². The van der Waals surface area contributed by atoms with Crippen molar-refractivity contribution in [3.63, 3.8) is 0 Å². The molecule has 3 heterocycles. The van der Waals surface area contributed by atoms with Crippen LogP contribution >= 0.6 is 0 Å². The highest BCUT2D eigenvalue weighted by atomic mass is 16.6. The van der Waals surface area contributed by atoms with E-state index in [4.69, 9.17) is 14.2 Å². The fraction of sp³-hybridized carbons (Fsp3) is 0.265. The van der Waals surface area contributed by atoms with Crippen molar-refractivity contribution in [1.29, 1.82) is 0 Å². The fourth-order valence-electron chi connectivity index (χ4n) is 5.29. The van der Waals surface area contributed by atoms with Gasteiger partial charge < -0.3 is 29.7 Å². The van der Waals surface area contributed by atoms with Crippen LogP contribution in [0, 0.1) is 0 Å². The first-order chi connectivity index (χ1) is 22.5. The fourth-order valence-corrected chi connectivity index (χ4v) is 5.29. The van der Waals surface area contributed by atoms with E-state index >= 15 is 0 Å². The highest BCUT2D eigenvalue weighted by Gasteiger charge is 2.35. The number of ether oxygens (including phenoxy) is 3. The molecule has 0 spiro atoms. The number of fused-ring (bicyclic) bond motifs is 1. The molecule has 1 aliphatic rings. The molecular weight excluding hydrogens is 590 g/mol. The number of alkyl carbamates (subject to hydrolysis) is 1. The number of aliphatic hydroxyl groups is 2. The van der Waals surface area contributed by atoms with Gasteiger partial charge in [0.15, 0.2) is 5.65 Å². The van der Waals surface area contributed by atoms with Crippen LogP contribution in [0.5, 0.6) is 0 Å². The van der Waals surface area contributed by atoms with Crippen molar-refractivity contribution in [1.82, 2.24) is 24.8 Å². The molecular formula is C34H33N5O7. The van der Waals surface area contributed by atoms with E-state index in [1.54, 1.807) is 10.9 Å². The molecule has 1 amide bonds. The van der Waals surface area contributed by atoms with Gasteiger partial charge in [0.05, 0.1) is 19.0 Å². The van der Waals surface area contributed by atoms with E-state index in [-0.39, 0.29) is 26.2 Å². The van der Waals surface area contributed by atoms with E-state index < -0.39 is 36.5 Å². The summed E-state index contributed by atoms with van der Waals surface area (Å²) in [6, 6.07) is 25.0. The molecule has 1 aliphatic heterocycles. The number of aromatic nitrogens is 4. The molecule has 3 N–H and O–H groups in total. The molecule has 1 saturated heterocycles. The van der Waals surface area contributed by atoms with Crippen molar-refractivity contribution in [3.05, 3.63) is 114 Å². The number of benzene rings is 3. The standard InChI is InChI=1S/C34H33N5O7/c40-17-28-27(41)16-29(46-28)39-21-37-31-30(35-20-36-32(31)39)25-13-11-22(12-14-25)15-26(33(42)44-18-23-7-3-1-4-8-23)38-34(43)45-19-24-9-5-2-6-10-24/h1-14,20-21,26-29,40-41H,15-19H2,(H,38,43)/t26-,27+,28-,29-/m1/s1. The second-order valence-electron chi connectivity index (χ2n) is 10.9. The summed E-state index contributed by atoms with van der Waals surface area (Å²) in [6.07, 6.45) is 0.767. The molecule has 46 heavy (non-hydrogen) atoms. The maximum Gasteiger partial charge on any atom is 0.408 e. The first kappa shape index (κ1) is 30.8. The lowest BCUT2D eigenvalue weighted by Crippen LogP contribution is -2.43. The lowest BCUT2D eigenvalue weighted by Gasteiger charge is -2.18. The third kappa shape index (κ3) is 7.20. The summed E-state index contributed by atoms with van der Waals surface area (Å²) in [7, 11) is 0. The van der Waals surface area contributed by atoms with Gasteiger partial charge in [0.25, 0.3) is 0 Å². The van der Waals surface area contributed by atoms with Crippen molar-refractivity contribution >= 4 is 23.2 Å². The summed E-state index contributed by atoms with van der Waals surface area (Å²) in [4.78, 5) is 39.2. The first-order valence-electron chi connectivity index (χ1n) is 14.9. The van der Waals surface area contributed by atoms with Crippen LogP contribution in [0.1, 0.15) is 29.3 Å². The van der Waals surface area contributed by atoms with Crippen molar-refractivity contribution in [3.8, 4) is 11.3 Å². The quantitative estimate of drug-likeness (QED) is 0.185. The van der Waals surface area contributed by atoms with Crippen LogP contribution in [-0.2, 0) is 38.6 Å². The summed E-state index contributed by atoms with van der Waals surface area (Å²) >= 11 is 0. The van der Waals surface area contributed by atoms with Gasteiger partial charge in [-0.2, -0.15) is 0 Å². The maximum absolute atomic E-state index is 13.2. The normalized spacial score (nSPS) is 18.3. The molecule has 6 rings (SSSR count). The lowest BCUT2D eigenvalue weighted by molar-refractivity contribution is -0.147. The van der Waals surface area contributed by atoms with E-state index in [2.05, 4.69) is 20.3 Å². The number of carbonyl (C=O) groups is 2. The first-order valence-corrected chi connectivity index (χ1v) is 14.9. The molecule has 0 aliphatic carbocycles. The van der Waals surface area contributed by atoms with Crippen molar-refractivity contribution in [2.75, 3.05) is 6.61 Å². The van der Waals surface area contributed by atoms with Crippen LogP contribution in [0.25, 0.3) is 22.4 Å². The van der Waals surface area contributed by atoms with E-state index in [0.29, 0.717) is 23.3 Å². The summed E-state index contributed by atoms with van der Waals surface area (Å²) in [5, 5.41) is 22.3. The van der Waals surface area contributed by atoms with Crippen molar-refractivity contribution in [2.24, 2.45) is 0 Å². The molecule has 236 valence electrons. The molecule has 12 heteroatoms. The second-order valence-corrected chi connectivity index (χ2v) is 10.9. The van der Waals surface area contributed by atoms with Crippen LogP contribution in [0.15, 0.2) is 97.6 Å². The number of hydrogen-bond donors (Lipinski definition) is 3. The Hall–Kier alpha value is -5.17. The van der Waals surface area contributed by atoms with Gasteiger partial charge in [0.2, 0.25) is 0 Å². The Morgan fingerprint density at radius 2 is 1.57 bits per heavy atom. The third-order valence-electron chi connectivity index (χ3n) is 7.73. The zero-order valence-electron chi connectivity index (χ0n) is 24.8. The Labute approximate surface area is 264 Å². The molecule has 0 unspecified atom stereocenters. The number of amides is 1. The summed E-state index contributed by atoms with van der Waals surface area (Å²) in [6.45, 7) is -0.156. The lowest BCUT2D eigenvalue weighted by atomic mass is 10.0. The monoisotopic (exact) mass is 623 g/mol. The Morgan fingerprint density at radius 3 is 2.22 bits per heavy atom. The molecule has 1 fully saturated rings. The Morgan fingerprint density at radius 1 is 0.891 bits per heavy atom. The average molecular weight is 624 g/mol. The number of rotatable bonds is 11. The molecule has 0 saturated carbocycles. The van der Waals surface area contributed by atoms with Gasteiger partial charge in [0.1, 0.15) is 49.1 Å². The van der Waals surface area contributed by atoms with E-state index in [1.165, 1.54) is 6.33 Å². The van der Waals surface area contributed by atoms with Gasteiger partial charge >= 0.3 is 12.1 Å². The van der Waals surface area contributed by atoms with Crippen LogP contribution in [0.3, 0.4) is 0 Å². The van der Waals surface area contributed by atoms with Crippen molar-refractivity contribution in [2.45, 2.75) is 50.5 Å². The van der Waals surface area contributed by atoms with Gasteiger partial charge in [0, 0.05) is 18.4 Å². The number of nitrogens with one attached hydrogen (secondary N) is 1. The number of esters is 1. The minimum Gasteiger partial charge on any atom is -0.459 e. The highest BCUT2D eigenvalue weighted by molar-refractivity contribution is 5.87. The second kappa shape index (κ2) is 14.3. The van der Waals surface area contributed by atoms with Gasteiger partial charge in [-0.05, 0) is 16.7 Å². The Bertz CT molecular complexity index is 1770. The Kier molecular flexibility index (Phi) is 9.58. The van der Waals surface area contributed by atoms with Crippen LogP contribution < -0.4 is 5.32 Å². The van der Waals surface area contributed by atoms with Gasteiger partial charge in [-0.3, -0.25) is 4.57 Å². The molecule has 4 atom stereocenters. The number of imidazole rings is 1. The van der Waals surface area contributed by atoms with Gasteiger partial charge in [-0.1, -0.05) is 84.9 Å². The van der Waals surface area contributed by atoms with E-state index in [0.717, 1.165) is 22.3 Å².